The fourth-order valence-corrected chi connectivity index (χ4v) is 4.07. The summed E-state index contributed by atoms with van der Waals surface area (Å²) in [5, 5.41) is 0.839. The molecule has 1 aromatic heterocycles. The van der Waals surface area contributed by atoms with Gasteiger partial charge in [-0.1, -0.05) is 0 Å². The van der Waals surface area contributed by atoms with Crippen molar-refractivity contribution in [3.63, 3.8) is 0 Å². The standard InChI is InChI=1S/C17H21N3O3S/c21-16-14(24-17(18-16)20-6-2-1-3-7-20)12-13-4-5-15(23-13)19-8-10-22-11-9-19/h4-5,12H,1-3,6-11H2/b14-12-. The highest BCUT2D eigenvalue weighted by Crippen LogP contribution is 2.32. The van der Waals surface area contributed by atoms with Gasteiger partial charge in [-0.3, -0.25) is 4.79 Å². The van der Waals surface area contributed by atoms with Gasteiger partial charge in [-0.05, 0) is 37.1 Å². The molecule has 2 fully saturated rings. The Morgan fingerprint density at radius 1 is 1.04 bits per heavy atom. The van der Waals surface area contributed by atoms with E-state index in [0.29, 0.717) is 10.7 Å². The molecule has 0 aliphatic carbocycles. The van der Waals surface area contributed by atoms with Crippen molar-refractivity contribution in [3.05, 3.63) is 22.8 Å². The number of piperidine rings is 1. The Bertz CT molecular complexity index is 670. The highest BCUT2D eigenvalue weighted by Gasteiger charge is 2.27. The molecule has 0 spiro atoms. The molecule has 1 aromatic rings. The van der Waals surface area contributed by atoms with Crippen LogP contribution in [0, 0.1) is 0 Å². The van der Waals surface area contributed by atoms with E-state index in [0.717, 1.165) is 50.4 Å². The van der Waals surface area contributed by atoms with Crippen LogP contribution in [0.5, 0.6) is 0 Å². The molecule has 128 valence electrons. The second kappa shape index (κ2) is 7.03. The lowest BCUT2D eigenvalue weighted by Gasteiger charge is -2.27. The fraction of sp³-hybridized carbons (Fsp3) is 0.529. The van der Waals surface area contributed by atoms with Crippen molar-refractivity contribution in [3.8, 4) is 0 Å². The summed E-state index contributed by atoms with van der Waals surface area (Å²) in [6.45, 7) is 5.10. The van der Waals surface area contributed by atoms with Crippen LogP contribution in [0.2, 0.25) is 0 Å². The number of furan rings is 1. The van der Waals surface area contributed by atoms with E-state index in [-0.39, 0.29) is 5.91 Å². The van der Waals surface area contributed by atoms with Crippen LogP contribution in [0.25, 0.3) is 6.08 Å². The summed E-state index contributed by atoms with van der Waals surface area (Å²) in [5.74, 6) is 1.37. The molecule has 4 rings (SSSR count). The van der Waals surface area contributed by atoms with Crippen molar-refractivity contribution in [1.29, 1.82) is 0 Å². The second-order valence-corrected chi connectivity index (χ2v) is 7.14. The van der Waals surface area contributed by atoms with Crippen LogP contribution in [0.15, 0.2) is 26.4 Å². The Morgan fingerprint density at radius 2 is 1.83 bits per heavy atom. The third-order valence-electron chi connectivity index (χ3n) is 4.44. The third-order valence-corrected chi connectivity index (χ3v) is 5.49. The molecule has 2 saturated heterocycles. The molecule has 1 amide bonds. The minimum Gasteiger partial charge on any atom is -0.441 e. The zero-order valence-corrected chi connectivity index (χ0v) is 14.4. The first kappa shape index (κ1) is 15.8. The summed E-state index contributed by atoms with van der Waals surface area (Å²) < 4.78 is 11.2. The van der Waals surface area contributed by atoms with Crippen molar-refractivity contribution in [2.75, 3.05) is 44.3 Å². The maximum Gasteiger partial charge on any atom is 0.286 e. The first-order valence-corrected chi connectivity index (χ1v) is 9.31. The molecule has 3 aliphatic rings. The zero-order valence-electron chi connectivity index (χ0n) is 13.6. The number of amides is 1. The molecule has 3 aliphatic heterocycles. The van der Waals surface area contributed by atoms with E-state index in [1.165, 1.54) is 31.0 Å². The first-order chi connectivity index (χ1) is 11.8. The van der Waals surface area contributed by atoms with Gasteiger partial charge in [-0.25, -0.2) is 0 Å². The van der Waals surface area contributed by atoms with E-state index in [2.05, 4.69) is 14.8 Å². The van der Waals surface area contributed by atoms with Gasteiger partial charge >= 0.3 is 0 Å². The number of anilines is 1. The molecule has 0 bridgehead atoms. The normalized spacial score (nSPS) is 23.9. The third kappa shape index (κ3) is 3.37. The van der Waals surface area contributed by atoms with Crippen molar-refractivity contribution in [1.82, 2.24) is 4.90 Å². The smallest absolute Gasteiger partial charge is 0.286 e. The van der Waals surface area contributed by atoms with Crippen LogP contribution in [0.1, 0.15) is 25.0 Å². The van der Waals surface area contributed by atoms with Gasteiger partial charge in [0.1, 0.15) is 5.76 Å². The summed E-state index contributed by atoms with van der Waals surface area (Å²) in [6.07, 6.45) is 5.42. The monoisotopic (exact) mass is 347 g/mol. The summed E-state index contributed by atoms with van der Waals surface area (Å²) in [5.41, 5.74) is 0. The number of aliphatic imine (C=N–C) groups is 1. The highest BCUT2D eigenvalue weighted by molar-refractivity contribution is 8.18. The van der Waals surface area contributed by atoms with Crippen LogP contribution in [-0.2, 0) is 9.53 Å². The van der Waals surface area contributed by atoms with Crippen molar-refractivity contribution >= 4 is 34.8 Å². The predicted octanol–water partition coefficient (Wildman–Crippen LogP) is 2.57. The predicted molar refractivity (Wildman–Crippen MR) is 95.2 cm³/mol. The largest absolute Gasteiger partial charge is 0.441 e. The van der Waals surface area contributed by atoms with Gasteiger partial charge in [0.05, 0.1) is 18.1 Å². The van der Waals surface area contributed by atoms with Gasteiger partial charge in [0, 0.05) is 38.3 Å². The Morgan fingerprint density at radius 3 is 2.62 bits per heavy atom. The van der Waals surface area contributed by atoms with E-state index >= 15 is 0 Å². The highest BCUT2D eigenvalue weighted by atomic mass is 32.2. The Balaban J connectivity index is 1.44. The molecule has 6 nitrogen and oxygen atoms in total. The van der Waals surface area contributed by atoms with Gasteiger partial charge in [-0.2, -0.15) is 4.99 Å². The molecule has 4 heterocycles. The van der Waals surface area contributed by atoms with Crippen molar-refractivity contribution in [2.45, 2.75) is 19.3 Å². The average Bonchev–Trinajstić information content (AvgIpc) is 3.24. The lowest BCUT2D eigenvalue weighted by molar-refractivity contribution is -0.113. The minimum atomic E-state index is -0.162. The van der Waals surface area contributed by atoms with E-state index in [1.807, 2.05) is 12.1 Å². The summed E-state index contributed by atoms with van der Waals surface area (Å²) in [6, 6.07) is 3.86. The number of amidine groups is 1. The number of morpholine rings is 1. The molecule has 24 heavy (non-hydrogen) atoms. The molecule has 0 N–H and O–H groups in total. The number of hydrogen-bond donors (Lipinski definition) is 0. The van der Waals surface area contributed by atoms with E-state index in [4.69, 9.17) is 9.15 Å². The van der Waals surface area contributed by atoms with E-state index in [1.54, 1.807) is 6.08 Å². The van der Waals surface area contributed by atoms with Crippen LogP contribution < -0.4 is 4.90 Å². The number of likely N-dealkylation sites (tertiary alicyclic amines) is 1. The summed E-state index contributed by atoms with van der Waals surface area (Å²) >= 11 is 1.46. The molecule has 0 atom stereocenters. The molecule has 0 saturated carbocycles. The van der Waals surface area contributed by atoms with Crippen LogP contribution in [0.3, 0.4) is 0 Å². The van der Waals surface area contributed by atoms with Gasteiger partial charge in [0.15, 0.2) is 11.1 Å². The Labute approximate surface area is 145 Å². The molecule has 0 aromatic carbocycles. The zero-order chi connectivity index (χ0) is 16.4. The number of nitrogens with zero attached hydrogens (tertiary/aromatic N) is 3. The van der Waals surface area contributed by atoms with Crippen molar-refractivity contribution < 1.29 is 13.9 Å². The number of carbonyl (C=O) groups excluding carboxylic acids is 1. The van der Waals surface area contributed by atoms with Crippen LogP contribution in [0.4, 0.5) is 5.88 Å². The molecule has 0 unspecified atom stereocenters. The quantitative estimate of drug-likeness (QED) is 0.767. The number of hydrogen-bond acceptors (Lipinski definition) is 6. The number of ether oxygens (including phenoxy) is 1. The van der Waals surface area contributed by atoms with Crippen molar-refractivity contribution in [2.24, 2.45) is 4.99 Å². The fourth-order valence-electron chi connectivity index (χ4n) is 3.12. The first-order valence-electron chi connectivity index (χ1n) is 8.50. The second-order valence-electron chi connectivity index (χ2n) is 6.13. The minimum absolute atomic E-state index is 0.162. The topological polar surface area (TPSA) is 58.3 Å². The van der Waals surface area contributed by atoms with E-state index in [9.17, 15) is 4.79 Å². The van der Waals surface area contributed by atoms with E-state index < -0.39 is 0 Å². The summed E-state index contributed by atoms with van der Waals surface area (Å²) in [4.78, 5) is 21.4. The molecular formula is C17H21N3O3S. The number of carbonyl (C=O) groups is 1. The van der Waals surface area contributed by atoms with Crippen LogP contribution >= 0.6 is 11.8 Å². The SMILES string of the molecule is O=C1N=C(N2CCCCC2)S/C1=C\c1ccc(N2CCOCC2)o1. The van der Waals surface area contributed by atoms with Gasteiger partial charge in [0.25, 0.3) is 5.91 Å². The molecule has 7 heteroatoms. The van der Waals surface area contributed by atoms with Gasteiger partial charge in [0.2, 0.25) is 0 Å². The van der Waals surface area contributed by atoms with Crippen LogP contribution in [-0.4, -0.2) is 55.4 Å². The Hall–Kier alpha value is -1.73. The average molecular weight is 347 g/mol. The lowest BCUT2D eigenvalue weighted by Crippen LogP contribution is -2.35. The lowest BCUT2D eigenvalue weighted by atomic mass is 10.1. The maximum absolute atomic E-state index is 12.2. The Kier molecular flexibility index (Phi) is 4.62. The van der Waals surface area contributed by atoms with Gasteiger partial charge < -0.3 is 19.0 Å². The molecular weight excluding hydrogens is 326 g/mol. The number of thioether (sulfide) groups is 1. The maximum atomic E-state index is 12.2. The number of rotatable bonds is 2. The van der Waals surface area contributed by atoms with Gasteiger partial charge in [-0.15, -0.1) is 0 Å². The molecule has 0 radical (unpaired) electrons. The summed E-state index contributed by atoms with van der Waals surface area (Å²) in [7, 11) is 0.